The van der Waals surface area contributed by atoms with Crippen molar-refractivity contribution in [1.82, 2.24) is 14.9 Å². The zero-order chi connectivity index (χ0) is 22.3. The Morgan fingerprint density at radius 1 is 1.10 bits per heavy atom. The number of aromatic nitrogens is 2. The van der Waals surface area contributed by atoms with E-state index < -0.39 is 23.7 Å². The number of hydrogen-bond acceptors (Lipinski definition) is 5. The van der Waals surface area contributed by atoms with Gasteiger partial charge < -0.3 is 14.9 Å². The fraction of sp³-hybridized carbons (Fsp3) is 0.400. The fourth-order valence-corrected chi connectivity index (χ4v) is 4.25. The molecule has 4 rings (SSSR count). The standard InChI is InChI=1S/C20H20F3N5O3/c1-11-6-15(17(29)30)25-18(24-11)26-19(31)28-9-12-7-27(8-13(12)10-28)16-5-3-2-4-14(16)20(21,22)23/h2-6,12-13H,7-10H2,1H3,(H,29,30)(H,24,25,26,31)/t12-,13+. The number of fused-ring (bicyclic) bond motifs is 1. The Labute approximate surface area is 175 Å². The van der Waals surface area contributed by atoms with Gasteiger partial charge in [0, 0.05) is 49.4 Å². The summed E-state index contributed by atoms with van der Waals surface area (Å²) in [5.41, 5.74) is -0.315. The molecule has 31 heavy (non-hydrogen) atoms. The van der Waals surface area contributed by atoms with Gasteiger partial charge in [0.25, 0.3) is 0 Å². The number of carbonyl (C=O) groups excluding carboxylic acids is 1. The number of carboxylic acids is 1. The van der Waals surface area contributed by atoms with Crippen LogP contribution < -0.4 is 10.2 Å². The van der Waals surface area contributed by atoms with Crippen molar-refractivity contribution in [3.05, 3.63) is 47.3 Å². The molecule has 2 N–H and O–H groups in total. The normalized spacial score (nSPS) is 20.6. The van der Waals surface area contributed by atoms with Crippen LogP contribution in [0.4, 0.5) is 29.6 Å². The van der Waals surface area contributed by atoms with Gasteiger partial charge in [-0.05, 0) is 25.1 Å². The van der Waals surface area contributed by atoms with Crippen molar-refractivity contribution in [2.75, 3.05) is 36.4 Å². The maximum Gasteiger partial charge on any atom is 0.418 e. The number of carboxylic acid groups (broad SMARTS) is 1. The molecular formula is C20H20F3N5O3. The fourth-order valence-electron chi connectivity index (χ4n) is 4.25. The number of halogens is 3. The summed E-state index contributed by atoms with van der Waals surface area (Å²) in [6, 6.07) is 6.36. The number of anilines is 2. The van der Waals surface area contributed by atoms with Gasteiger partial charge in [-0.2, -0.15) is 13.2 Å². The van der Waals surface area contributed by atoms with Crippen molar-refractivity contribution < 1.29 is 27.9 Å². The second kappa shape index (κ2) is 7.71. The summed E-state index contributed by atoms with van der Waals surface area (Å²) in [6.07, 6.45) is -4.43. The molecule has 2 amide bonds. The molecule has 3 heterocycles. The number of amides is 2. The molecule has 8 nitrogen and oxygen atoms in total. The van der Waals surface area contributed by atoms with Gasteiger partial charge in [0.1, 0.15) is 0 Å². The molecule has 1 aromatic heterocycles. The molecule has 0 radical (unpaired) electrons. The highest BCUT2D eigenvalue weighted by atomic mass is 19.4. The van der Waals surface area contributed by atoms with Crippen molar-refractivity contribution in [3.63, 3.8) is 0 Å². The maximum absolute atomic E-state index is 13.3. The minimum Gasteiger partial charge on any atom is -0.477 e. The smallest absolute Gasteiger partial charge is 0.418 e. The van der Waals surface area contributed by atoms with E-state index in [9.17, 15) is 22.8 Å². The number of hydrogen-bond donors (Lipinski definition) is 2. The van der Waals surface area contributed by atoms with Crippen molar-refractivity contribution >= 4 is 23.6 Å². The van der Waals surface area contributed by atoms with E-state index in [4.69, 9.17) is 5.11 Å². The summed E-state index contributed by atoms with van der Waals surface area (Å²) in [7, 11) is 0. The van der Waals surface area contributed by atoms with Crippen LogP contribution in [0.25, 0.3) is 0 Å². The minimum atomic E-state index is -4.43. The largest absolute Gasteiger partial charge is 0.477 e. The molecule has 0 bridgehead atoms. The molecule has 0 saturated carbocycles. The summed E-state index contributed by atoms with van der Waals surface area (Å²) < 4.78 is 40.0. The average molecular weight is 435 g/mol. The Morgan fingerprint density at radius 3 is 2.35 bits per heavy atom. The molecule has 2 aliphatic rings. The molecule has 11 heteroatoms. The SMILES string of the molecule is Cc1cc(C(=O)O)nc(NC(=O)N2C[C@@H]3CN(c4ccccc4C(F)(F)F)C[C@@H]3C2)n1. The minimum absolute atomic E-state index is 0.0417. The lowest BCUT2D eigenvalue weighted by Gasteiger charge is -2.25. The Hall–Kier alpha value is -3.37. The summed E-state index contributed by atoms with van der Waals surface area (Å²) in [6.45, 7) is 3.21. The Bertz CT molecular complexity index is 1020. The third kappa shape index (κ3) is 4.25. The van der Waals surface area contributed by atoms with Gasteiger partial charge in [-0.15, -0.1) is 0 Å². The van der Waals surface area contributed by atoms with Crippen LogP contribution in [0.3, 0.4) is 0 Å². The average Bonchev–Trinajstić information content (AvgIpc) is 3.26. The molecule has 0 unspecified atom stereocenters. The first-order valence-electron chi connectivity index (χ1n) is 9.68. The van der Waals surface area contributed by atoms with Crippen molar-refractivity contribution in [1.29, 1.82) is 0 Å². The second-order valence-electron chi connectivity index (χ2n) is 7.80. The molecule has 164 valence electrons. The predicted molar refractivity (Wildman–Crippen MR) is 105 cm³/mol. The van der Waals surface area contributed by atoms with Crippen LogP contribution in [0.5, 0.6) is 0 Å². The summed E-state index contributed by atoms with van der Waals surface area (Å²) >= 11 is 0. The molecule has 2 aromatic rings. The maximum atomic E-state index is 13.3. The van der Waals surface area contributed by atoms with E-state index in [0.29, 0.717) is 31.9 Å². The molecule has 2 saturated heterocycles. The number of urea groups is 1. The number of aryl methyl sites for hydroxylation is 1. The molecule has 0 spiro atoms. The lowest BCUT2D eigenvalue weighted by molar-refractivity contribution is -0.137. The molecule has 2 fully saturated rings. The molecule has 0 aliphatic carbocycles. The van der Waals surface area contributed by atoms with E-state index in [1.54, 1.807) is 22.8 Å². The van der Waals surface area contributed by atoms with Gasteiger partial charge >= 0.3 is 18.2 Å². The number of carbonyl (C=O) groups is 2. The number of alkyl halides is 3. The summed E-state index contributed by atoms with van der Waals surface area (Å²) in [5, 5.41) is 11.6. The van der Waals surface area contributed by atoms with Crippen LogP contribution in [0.1, 0.15) is 21.7 Å². The van der Waals surface area contributed by atoms with Gasteiger partial charge in [0.05, 0.1) is 5.56 Å². The number of nitrogens with zero attached hydrogens (tertiary/aromatic N) is 4. The number of aromatic carboxylic acids is 1. The first-order chi connectivity index (χ1) is 14.6. The lowest BCUT2D eigenvalue weighted by atomic mass is 10.0. The number of benzene rings is 1. The van der Waals surface area contributed by atoms with Crippen molar-refractivity contribution in [3.8, 4) is 0 Å². The first kappa shape index (κ1) is 20.9. The van der Waals surface area contributed by atoms with Crippen LogP contribution in [0.15, 0.2) is 30.3 Å². The highest BCUT2D eigenvalue weighted by Crippen LogP contribution is 2.40. The van der Waals surface area contributed by atoms with Gasteiger partial charge in [-0.3, -0.25) is 5.32 Å². The zero-order valence-corrected chi connectivity index (χ0v) is 16.6. The van der Waals surface area contributed by atoms with Gasteiger partial charge in [-0.25, -0.2) is 19.6 Å². The van der Waals surface area contributed by atoms with E-state index in [2.05, 4.69) is 15.3 Å². The summed E-state index contributed by atoms with van der Waals surface area (Å²) in [5.74, 6) is -1.24. The van der Waals surface area contributed by atoms with E-state index in [0.717, 1.165) is 6.07 Å². The number of likely N-dealkylation sites (tertiary alicyclic amines) is 1. The van der Waals surface area contributed by atoms with E-state index in [-0.39, 0.29) is 29.2 Å². The third-order valence-electron chi connectivity index (χ3n) is 5.62. The van der Waals surface area contributed by atoms with Crippen molar-refractivity contribution in [2.24, 2.45) is 11.8 Å². The Kier molecular flexibility index (Phi) is 5.19. The van der Waals surface area contributed by atoms with Gasteiger partial charge in [-0.1, -0.05) is 12.1 Å². The van der Waals surface area contributed by atoms with Crippen molar-refractivity contribution in [2.45, 2.75) is 13.1 Å². The second-order valence-corrected chi connectivity index (χ2v) is 7.80. The van der Waals surface area contributed by atoms with Crippen LogP contribution in [-0.4, -0.2) is 58.2 Å². The monoisotopic (exact) mass is 435 g/mol. The first-order valence-corrected chi connectivity index (χ1v) is 9.68. The highest BCUT2D eigenvalue weighted by molar-refractivity contribution is 5.89. The van der Waals surface area contributed by atoms with Gasteiger partial charge in [0.2, 0.25) is 5.95 Å². The number of para-hydroxylation sites is 1. The van der Waals surface area contributed by atoms with Gasteiger partial charge in [0.15, 0.2) is 5.69 Å². The van der Waals surface area contributed by atoms with E-state index >= 15 is 0 Å². The molecule has 1 aromatic carbocycles. The molecular weight excluding hydrogens is 415 g/mol. The predicted octanol–water partition coefficient (Wildman–Crippen LogP) is 3.10. The van der Waals surface area contributed by atoms with Crippen LogP contribution in [0.2, 0.25) is 0 Å². The topological polar surface area (TPSA) is 98.7 Å². The number of rotatable bonds is 3. The van der Waals surface area contributed by atoms with Crippen LogP contribution >= 0.6 is 0 Å². The van der Waals surface area contributed by atoms with E-state index in [1.165, 1.54) is 18.2 Å². The van der Waals surface area contributed by atoms with Crippen LogP contribution in [0, 0.1) is 18.8 Å². The van der Waals surface area contributed by atoms with Crippen LogP contribution in [-0.2, 0) is 6.18 Å². The number of nitrogens with one attached hydrogen (secondary N) is 1. The summed E-state index contributed by atoms with van der Waals surface area (Å²) in [4.78, 5) is 34.9. The zero-order valence-electron chi connectivity index (χ0n) is 16.6. The molecule has 2 atom stereocenters. The quantitative estimate of drug-likeness (QED) is 0.769. The third-order valence-corrected chi connectivity index (χ3v) is 5.62. The lowest BCUT2D eigenvalue weighted by Crippen LogP contribution is -2.37. The van der Waals surface area contributed by atoms with E-state index in [1.807, 2.05) is 0 Å². The Morgan fingerprint density at radius 2 is 1.74 bits per heavy atom. The molecule has 2 aliphatic heterocycles. The highest BCUT2D eigenvalue weighted by Gasteiger charge is 2.44. The Balaban J connectivity index is 1.41.